The van der Waals surface area contributed by atoms with E-state index in [9.17, 15) is 0 Å². The maximum absolute atomic E-state index is 6.11. The molecular weight excluding hydrogens is 312 g/mol. The van der Waals surface area contributed by atoms with E-state index in [0.717, 1.165) is 54.3 Å². The Labute approximate surface area is 138 Å². The Morgan fingerprint density at radius 1 is 1.17 bits per heavy atom. The van der Waals surface area contributed by atoms with Gasteiger partial charge in [-0.05, 0) is 12.1 Å². The minimum atomic E-state index is 0.601. The largest absolute Gasteiger partial charge is 0.399 e. The lowest BCUT2D eigenvalue weighted by Gasteiger charge is -2.28. The normalized spacial score (nSPS) is 15.3. The number of halogens is 1. The van der Waals surface area contributed by atoms with Gasteiger partial charge in [0.1, 0.15) is 11.5 Å². The summed E-state index contributed by atoms with van der Waals surface area (Å²) in [7, 11) is 0. The second kappa shape index (κ2) is 5.72. The summed E-state index contributed by atoms with van der Waals surface area (Å²) in [5, 5.41) is 4.89. The topological polar surface area (TPSA) is 82.9 Å². The Hall–Kier alpha value is -2.31. The highest BCUT2D eigenvalue weighted by molar-refractivity contribution is 6.31. The molecule has 0 aromatic carbocycles. The Morgan fingerprint density at radius 3 is 2.83 bits per heavy atom. The number of anilines is 2. The van der Waals surface area contributed by atoms with E-state index in [4.69, 9.17) is 22.3 Å². The molecule has 118 valence electrons. The molecule has 4 rings (SSSR count). The zero-order valence-electron chi connectivity index (χ0n) is 12.5. The third-order valence-corrected chi connectivity index (χ3v) is 4.26. The van der Waals surface area contributed by atoms with Crippen LogP contribution in [0, 0.1) is 0 Å². The van der Waals surface area contributed by atoms with Crippen molar-refractivity contribution in [3.05, 3.63) is 35.6 Å². The number of hydrogen-bond donors (Lipinski definition) is 3. The van der Waals surface area contributed by atoms with Gasteiger partial charge in [0.25, 0.3) is 0 Å². The average Bonchev–Trinajstić information content (AvgIpc) is 2.98. The Bertz CT molecular complexity index is 853. The Morgan fingerprint density at radius 2 is 2.00 bits per heavy atom. The first kappa shape index (κ1) is 14.3. The first-order valence-corrected chi connectivity index (χ1v) is 7.95. The lowest BCUT2D eigenvalue weighted by Crippen LogP contribution is -2.43. The van der Waals surface area contributed by atoms with E-state index in [2.05, 4.69) is 20.2 Å². The molecule has 0 amide bonds. The third-order valence-electron chi connectivity index (χ3n) is 4.05. The summed E-state index contributed by atoms with van der Waals surface area (Å²) in [5.41, 5.74) is 9.39. The van der Waals surface area contributed by atoms with Crippen LogP contribution in [0.15, 0.2) is 30.6 Å². The molecule has 4 N–H and O–H groups in total. The van der Waals surface area contributed by atoms with Gasteiger partial charge in [0.15, 0.2) is 0 Å². The number of rotatable bonds is 2. The number of nitrogens with one attached hydrogen (secondary N) is 2. The Balaban J connectivity index is 1.81. The maximum atomic E-state index is 6.11. The number of nitrogen functional groups attached to an aromatic ring is 1. The first-order chi connectivity index (χ1) is 11.2. The molecule has 6 nitrogen and oxygen atoms in total. The number of hydrogen-bond acceptors (Lipinski definition) is 5. The minimum Gasteiger partial charge on any atom is -0.399 e. The Kier molecular flexibility index (Phi) is 3.55. The summed E-state index contributed by atoms with van der Waals surface area (Å²) in [5.74, 6) is 0.908. The summed E-state index contributed by atoms with van der Waals surface area (Å²) in [6, 6.07) is 5.70. The summed E-state index contributed by atoms with van der Waals surface area (Å²) < 4.78 is 0. The van der Waals surface area contributed by atoms with Crippen LogP contribution in [0.3, 0.4) is 0 Å². The summed E-state index contributed by atoms with van der Waals surface area (Å²) in [4.78, 5) is 14.5. The van der Waals surface area contributed by atoms with Gasteiger partial charge >= 0.3 is 0 Å². The zero-order valence-corrected chi connectivity index (χ0v) is 13.3. The second-order valence-electron chi connectivity index (χ2n) is 5.63. The second-order valence-corrected chi connectivity index (χ2v) is 6.07. The molecule has 0 radical (unpaired) electrons. The molecule has 0 aliphatic carbocycles. The van der Waals surface area contributed by atoms with Crippen molar-refractivity contribution in [2.75, 3.05) is 36.8 Å². The number of aromatic nitrogens is 3. The highest BCUT2D eigenvalue weighted by Crippen LogP contribution is 2.31. The lowest BCUT2D eigenvalue weighted by molar-refractivity contribution is 0.585. The fraction of sp³-hybridized carbons (Fsp3) is 0.250. The van der Waals surface area contributed by atoms with Gasteiger partial charge in [-0.2, -0.15) is 0 Å². The van der Waals surface area contributed by atoms with Gasteiger partial charge in [0.05, 0.1) is 10.7 Å². The van der Waals surface area contributed by atoms with Crippen molar-refractivity contribution >= 4 is 34.1 Å². The van der Waals surface area contributed by atoms with Gasteiger partial charge < -0.3 is 20.9 Å². The van der Waals surface area contributed by atoms with E-state index in [-0.39, 0.29) is 0 Å². The van der Waals surface area contributed by atoms with E-state index >= 15 is 0 Å². The number of pyridine rings is 2. The summed E-state index contributed by atoms with van der Waals surface area (Å²) in [6.45, 7) is 3.77. The van der Waals surface area contributed by atoms with E-state index in [1.807, 2.05) is 24.4 Å². The van der Waals surface area contributed by atoms with Crippen LogP contribution in [0.4, 0.5) is 11.5 Å². The number of nitrogens with two attached hydrogens (primary N) is 1. The van der Waals surface area contributed by atoms with Crippen LogP contribution in [0.5, 0.6) is 0 Å². The summed E-state index contributed by atoms with van der Waals surface area (Å²) in [6.07, 6.45) is 3.53. The van der Waals surface area contributed by atoms with Crippen LogP contribution in [-0.4, -0.2) is 41.1 Å². The van der Waals surface area contributed by atoms with Crippen LogP contribution >= 0.6 is 11.6 Å². The van der Waals surface area contributed by atoms with Crippen LogP contribution in [0.25, 0.3) is 22.3 Å². The molecule has 1 fully saturated rings. The van der Waals surface area contributed by atoms with Gasteiger partial charge in [-0.25, -0.2) is 9.97 Å². The van der Waals surface area contributed by atoms with Crippen LogP contribution < -0.4 is 16.0 Å². The monoisotopic (exact) mass is 328 g/mol. The molecule has 0 saturated carbocycles. The minimum absolute atomic E-state index is 0.601. The molecular formula is C16H17ClN6. The standard InChI is InChI=1S/C16H17ClN6/c17-10-5-12-13(9-21-16(12)20-8-10)14-6-11(18)7-15(22-14)23-3-1-19-2-4-23/h5-9,19H,1-4H2,(H2,18,22)(H,20,21). The van der Waals surface area contributed by atoms with Crippen molar-refractivity contribution in [1.29, 1.82) is 0 Å². The fourth-order valence-corrected chi connectivity index (χ4v) is 3.08. The summed E-state index contributed by atoms with van der Waals surface area (Å²) >= 11 is 6.08. The van der Waals surface area contributed by atoms with E-state index in [0.29, 0.717) is 10.7 Å². The van der Waals surface area contributed by atoms with Gasteiger partial charge in [-0.1, -0.05) is 11.6 Å². The van der Waals surface area contributed by atoms with Crippen LogP contribution in [-0.2, 0) is 0 Å². The third kappa shape index (κ3) is 2.71. The molecule has 1 saturated heterocycles. The molecule has 0 spiro atoms. The van der Waals surface area contributed by atoms with Crippen molar-refractivity contribution in [3.63, 3.8) is 0 Å². The zero-order chi connectivity index (χ0) is 15.8. The van der Waals surface area contributed by atoms with Crippen molar-refractivity contribution < 1.29 is 0 Å². The molecule has 23 heavy (non-hydrogen) atoms. The number of nitrogens with zero attached hydrogens (tertiary/aromatic N) is 3. The van der Waals surface area contributed by atoms with Crippen molar-refractivity contribution in [2.24, 2.45) is 0 Å². The molecule has 1 aliphatic heterocycles. The molecule has 0 atom stereocenters. The van der Waals surface area contributed by atoms with E-state index in [1.165, 1.54) is 0 Å². The molecule has 3 aromatic heterocycles. The van der Waals surface area contributed by atoms with Crippen molar-refractivity contribution in [1.82, 2.24) is 20.3 Å². The first-order valence-electron chi connectivity index (χ1n) is 7.57. The highest BCUT2D eigenvalue weighted by Gasteiger charge is 2.15. The van der Waals surface area contributed by atoms with E-state index in [1.54, 1.807) is 6.20 Å². The molecule has 3 aromatic rings. The van der Waals surface area contributed by atoms with Gasteiger partial charge in [0.2, 0.25) is 0 Å². The van der Waals surface area contributed by atoms with Crippen LogP contribution in [0.2, 0.25) is 5.02 Å². The predicted molar refractivity (Wildman–Crippen MR) is 93.8 cm³/mol. The molecule has 4 heterocycles. The maximum Gasteiger partial charge on any atom is 0.138 e. The van der Waals surface area contributed by atoms with Gasteiger partial charge in [-0.15, -0.1) is 0 Å². The van der Waals surface area contributed by atoms with Crippen molar-refractivity contribution in [2.45, 2.75) is 0 Å². The lowest BCUT2D eigenvalue weighted by atomic mass is 10.1. The van der Waals surface area contributed by atoms with Gasteiger partial charge in [-0.3, -0.25) is 0 Å². The number of piperazine rings is 1. The molecule has 0 unspecified atom stereocenters. The van der Waals surface area contributed by atoms with Gasteiger partial charge in [0, 0.05) is 61.3 Å². The highest BCUT2D eigenvalue weighted by atomic mass is 35.5. The smallest absolute Gasteiger partial charge is 0.138 e. The average molecular weight is 329 g/mol. The number of fused-ring (bicyclic) bond motifs is 1. The van der Waals surface area contributed by atoms with E-state index < -0.39 is 0 Å². The number of aromatic amines is 1. The molecule has 1 aliphatic rings. The molecule has 7 heteroatoms. The predicted octanol–water partition coefficient (Wildman–Crippen LogP) is 2.27. The fourth-order valence-electron chi connectivity index (χ4n) is 2.92. The number of H-pyrrole nitrogens is 1. The quantitative estimate of drug-likeness (QED) is 0.672. The molecule has 0 bridgehead atoms. The SMILES string of the molecule is Nc1cc(-c2c[nH]c3ncc(Cl)cc23)nc(N2CCNCC2)c1. The van der Waals surface area contributed by atoms with Crippen LogP contribution in [0.1, 0.15) is 0 Å². The van der Waals surface area contributed by atoms with Crippen molar-refractivity contribution in [3.8, 4) is 11.3 Å².